The number of carbonyl (C=O) groups is 2. The van der Waals surface area contributed by atoms with Gasteiger partial charge in [0, 0.05) is 12.8 Å². The van der Waals surface area contributed by atoms with Gasteiger partial charge in [-0.1, -0.05) is 319 Å². The van der Waals surface area contributed by atoms with Gasteiger partial charge in [-0.05, 0) is 76.7 Å². The summed E-state index contributed by atoms with van der Waals surface area (Å²) in [4.78, 5) is 40.2. The van der Waals surface area contributed by atoms with Crippen LogP contribution in [0.15, 0.2) is 60.8 Å². The molecule has 0 aromatic heterocycles. The number of nitrogens with zero attached hydrogens (tertiary/aromatic N) is 1. The minimum absolute atomic E-state index is 0.0273. The fourth-order valence-corrected chi connectivity index (χ4v) is 11.3. The predicted octanol–water partition coefficient (Wildman–Crippen LogP) is 22.3. The number of phosphoric acid groups is 1. The largest absolute Gasteiger partial charge is 0.756 e. The van der Waals surface area contributed by atoms with Crippen LogP contribution in [0.5, 0.6) is 0 Å². The van der Waals surface area contributed by atoms with Gasteiger partial charge in [0.2, 0.25) is 5.91 Å². The average molecular weight is 1200 g/mol. The van der Waals surface area contributed by atoms with Crippen molar-refractivity contribution in [3.05, 3.63) is 60.8 Å². The number of ether oxygens (including phenoxy) is 1. The smallest absolute Gasteiger partial charge is 0.306 e. The standard InChI is InChI=1S/C74H139N2O7P/c1-7-10-13-16-19-22-25-28-30-32-34-35-36-37-38-39-40-41-43-44-46-48-51-54-57-60-63-66-73(77)75-71(70-82-84(79,80)81-69-68-76(4,5)6)72(65-62-59-56-53-50-27-24-21-18-15-12-9-3)83-74(78)67-64-61-58-55-52-49-47-45-42-33-31-29-26-23-20-17-14-11-8-2/h20,23,29,31,42,45,49,52,62,65,71-72H,7-19,21-22,24-28,30,32-41,43-44,46-48,50-51,53-61,63-64,66-70H2,1-6H3,(H-,75,77,79,80)/b23-20-,31-29-,45-42-,52-49-,65-62-. The first-order valence-electron chi connectivity index (χ1n) is 36.1. The van der Waals surface area contributed by atoms with Crippen molar-refractivity contribution in [1.82, 2.24) is 5.32 Å². The monoisotopic (exact) mass is 1200 g/mol. The van der Waals surface area contributed by atoms with Crippen LogP contribution in [0.2, 0.25) is 0 Å². The molecule has 1 amide bonds. The molecule has 0 fully saturated rings. The fourth-order valence-electron chi connectivity index (χ4n) is 10.6. The number of carbonyl (C=O) groups excluding carboxylic acids is 2. The number of hydrogen-bond donors (Lipinski definition) is 1. The maximum absolute atomic E-state index is 13.6. The number of rotatable bonds is 66. The zero-order chi connectivity index (χ0) is 61.4. The van der Waals surface area contributed by atoms with Gasteiger partial charge < -0.3 is 28.5 Å². The number of allylic oxidation sites excluding steroid dienone is 9. The predicted molar refractivity (Wildman–Crippen MR) is 362 cm³/mol. The van der Waals surface area contributed by atoms with E-state index < -0.39 is 26.6 Å². The molecule has 0 aliphatic heterocycles. The Morgan fingerprint density at radius 2 is 0.726 bits per heavy atom. The summed E-state index contributed by atoms with van der Waals surface area (Å²) in [6, 6.07) is -0.902. The van der Waals surface area contributed by atoms with E-state index in [1.807, 2.05) is 33.3 Å². The van der Waals surface area contributed by atoms with E-state index in [9.17, 15) is 19.0 Å². The third kappa shape index (κ3) is 64.2. The molecular weight excluding hydrogens is 1060 g/mol. The number of unbranched alkanes of at least 4 members (excludes halogenated alkanes) is 42. The quantitative estimate of drug-likeness (QED) is 0.0212. The Morgan fingerprint density at radius 3 is 1.12 bits per heavy atom. The summed E-state index contributed by atoms with van der Waals surface area (Å²) >= 11 is 0. The molecule has 0 saturated heterocycles. The Labute approximate surface area is 521 Å². The highest BCUT2D eigenvalue weighted by atomic mass is 31.2. The van der Waals surface area contributed by atoms with Crippen molar-refractivity contribution in [2.75, 3.05) is 40.9 Å². The molecule has 0 aliphatic rings. The molecule has 10 heteroatoms. The summed E-state index contributed by atoms with van der Waals surface area (Å²) in [6.45, 7) is 6.84. The summed E-state index contributed by atoms with van der Waals surface area (Å²) in [5.41, 5.74) is 0. The molecule has 0 heterocycles. The number of nitrogens with one attached hydrogen (secondary N) is 1. The average Bonchev–Trinajstić information content (AvgIpc) is 3.65. The van der Waals surface area contributed by atoms with Crippen LogP contribution in [-0.2, 0) is 27.9 Å². The van der Waals surface area contributed by atoms with Gasteiger partial charge in [0.25, 0.3) is 7.82 Å². The number of likely N-dealkylation sites (N-methyl/N-ethyl adjacent to an activating group) is 1. The highest BCUT2D eigenvalue weighted by molar-refractivity contribution is 7.45. The lowest BCUT2D eigenvalue weighted by atomic mass is 10.0. The first-order valence-corrected chi connectivity index (χ1v) is 37.6. The van der Waals surface area contributed by atoms with Crippen LogP contribution >= 0.6 is 7.82 Å². The molecule has 0 aromatic rings. The van der Waals surface area contributed by atoms with Crippen molar-refractivity contribution in [3.63, 3.8) is 0 Å². The Hall–Kier alpha value is -2.29. The van der Waals surface area contributed by atoms with Crippen LogP contribution in [0.3, 0.4) is 0 Å². The Bertz CT molecular complexity index is 1620. The number of phosphoric ester groups is 1. The number of hydrogen-bond acceptors (Lipinski definition) is 7. The van der Waals surface area contributed by atoms with Crippen LogP contribution < -0.4 is 10.2 Å². The van der Waals surface area contributed by atoms with Gasteiger partial charge >= 0.3 is 5.97 Å². The molecule has 0 rings (SSSR count). The van der Waals surface area contributed by atoms with Gasteiger partial charge in [-0.2, -0.15) is 0 Å². The lowest BCUT2D eigenvalue weighted by Crippen LogP contribution is -2.47. The molecule has 9 nitrogen and oxygen atoms in total. The van der Waals surface area contributed by atoms with E-state index in [4.69, 9.17) is 13.8 Å². The third-order valence-electron chi connectivity index (χ3n) is 16.2. The van der Waals surface area contributed by atoms with Crippen molar-refractivity contribution in [2.24, 2.45) is 0 Å². The van der Waals surface area contributed by atoms with E-state index in [0.717, 1.165) is 77.0 Å². The molecule has 1 N–H and O–H groups in total. The molecule has 0 aliphatic carbocycles. The first kappa shape index (κ1) is 81.7. The van der Waals surface area contributed by atoms with Gasteiger partial charge in [0.05, 0.1) is 33.8 Å². The molecule has 84 heavy (non-hydrogen) atoms. The molecule has 3 unspecified atom stereocenters. The zero-order valence-electron chi connectivity index (χ0n) is 56.4. The highest BCUT2D eigenvalue weighted by Crippen LogP contribution is 2.38. The van der Waals surface area contributed by atoms with Crippen LogP contribution in [0, 0.1) is 0 Å². The van der Waals surface area contributed by atoms with E-state index in [1.165, 1.54) is 231 Å². The van der Waals surface area contributed by atoms with Gasteiger partial charge in [-0.3, -0.25) is 14.2 Å². The SMILES string of the molecule is CCCCC/C=C\C/C=C\C/C=C\C/C=C\CCCCCC(=O)OC(/C=C\CCCCCCCCCCCC)C(COP(=O)([O-])OCC[N+](C)(C)C)NC(=O)CCCCCCCCCCCCCCCCCCCCCCCCCCCCC. The first-order chi connectivity index (χ1) is 40.9. The number of amides is 1. The van der Waals surface area contributed by atoms with Crippen LogP contribution in [0.1, 0.15) is 348 Å². The summed E-state index contributed by atoms with van der Waals surface area (Å²) in [5.74, 6) is -0.563. The molecular formula is C74H139N2O7P. The van der Waals surface area contributed by atoms with Crippen molar-refractivity contribution >= 4 is 19.7 Å². The lowest BCUT2D eigenvalue weighted by molar-refractivity contribution is -0.870. The normalized spacial score (nSPS) is 13.8. The molecule has 0 radical (unpaired) electrons. The lowest BCUT2D eigenvalue weighted by Gasteiger charge is -2.30. The number of quaternary nitrogens is 1. The highest BCUT2D eigenvalue weighted by Gasteiger charge is 2.27. The van der Waals surface area contributed by atoms with E-state index in [1.54, 1.807) is 0 Å². The fraction of sp³-hybridized carbons (Fsp3) is 0.838. The minimum Gasteiger partial charge on any atom is -0.756 e. The summed E-state index contributed by atoms with van der Waals surface area (Å²) < 4.78 is 30.4. The minimum atomic E-state index is -4.71. The van der Waals surface area contributed by atoms with Gasteiger partial charge in [0.15, 0.2) is 0 Å². The third-order valence-corrected chi connectivity index (χ3v) is 17.2. The molecule has 0 bridgehead atoms. The summed E-state index contributed by atoms with van der Waals surface area (Å²) in [5, 5.41) is 3.04. The van der Waals surface area contributed by atoms with Crippen LogP contribution in [0.25, 0.3) is 0 Å². The molecule has 0 spiro atoms. The Kier molecular flexibility index (Phi) is 62.0. The maximum Gasteiger partial charge on any atom is 0.306 e. The zero-order valence-corrected chi connectivity index (χ0v) is 57.3. The Balaban J connectivity index is 5.03. The second-order valence-electron chi connectivity index (χ2n) is 25.7. The van der Waals surface area contributed by atoms with E-state index in [2.05, 4.69) is 74.7 Å². The maximum atomic E-state index is 13.6. The van der Waals surface area contributed by atoms with E-state index >= 15 is 0 Å². The molecule has 0 saturated carbocycles. The Morgan fingerprint density at radius 1 is 0.417 bits per heavy atom. The van der Waals surface area contributed by atoms with Crippen molar-refractivity contribution in [2.45, 2.75) is 360 Å². The van der Waals surface area contributed by atoms with Crippen LogP contribution in [0.4, 0.5) is 0 Å². The van der Waals surface area contributed by atoms with E-state index in [-0.39, 0.29) is 24.9 Å². The topological polar surface area (TPSA) is 114 Å². The van der Waals surface area contributed by atoms with Crippen molar-refractivity contribution < 1.29 is 37.3 Å². The summed E-state index contributed by atoms with van der Waals surface area (Å²) in [7, 11) is 1.18. The second kappa shape index (κ2) is 63.7. The summed E-state index contributed by atoms with van der Waals surface area (Å²) in [6.07, 6.45) is 82.1. The second-order valence-corrected chi connectivity index (χ2v) is 27.2. The van der Waals surface area contributed by atoms with Crippen molar-refractivity contribution in [1.29, 1.82) is 0 Å². The number of esters is 1. The molecule has 3 atom stereocenters. The van der Waals surface area contributed by atoms with Gasteiger partial charge in [-0.15, -0.1) is 0 Å². The molecule has 0 aromatic carbocycles. The molecule has 492 valence electrons. The van der Waals surface area contributed by atoms with Crippen molar-refractivity contribution in [3.8, 4) is 0 Å². The van der Waals surface area contributed by atoms with Crippen LogP contribution in [-0.4, -0.2) is 69.4 Å². The van der Waals surface area contributed by atoms with Gasteiger partial charge in [0.1, 0.15) is 19.3 Å². The van der Waals surface area contributed by atoms with Gasteiger partial charge in [-0.25, -0.2) is 0 Å². The van der Waals surface area contributed by atoms with E-state index in [0.29, 0.717) is 23.9 Å².